The predicted molar refractivity (Wildman–Crippen MR) is 144 cm³/mol. The third kappa shape index (κ3) is 7.97. The van der Waals surface area contributed by atoms with Crippen LogP contribution in [0.1, 0.15) is 98.5 Å². The van der Waals surface area contributed by atoms with Gasteiger partial charge in [0.05, 0.1) is 16.7 Å². The first-order valence-electron chi connectivity index (χ1n) is 12.9. The molecule has 0 fully saturated rings. The number of rotatable bonds is 6. The zero-order valence-corrected chi connectivity index (χ0v) is 22.9. The highest BCUT2D eigenvalue weighted by atomic mass is 35.5. The van der Waals surface area contributed by atoms with Crippen LogP contribution in [0.3, 0.4) is 0 Å². The van der Waals surface area contributed by atoms with Crippen LogP contribution in [0.5, 0.6) is 5.75 Å². The molecule has 1 heterocycles. The summed E-state index contributed by atoms with van der Waals surface area (Å²) >= 11 is 7.77. The number of fused-ring (bicyclic) bond motifs is 1. The third-order valence-electron chi connectivity index (χ3n) is 6.21. The molecular formula is C28H38ClNO4S. The molecule has 1 aromatic carbocycles. The van der Waals surface area contributed by atoms with E-state index in [0.717, 1.165) is 43.2 Å². The van der Waals surface area contributed by atoms with Crippen molar-refractivity contribution in [3.05, 3.63) is 44.8 Å². The Morgan fingerprint density at radius 1 is 0.971 bits per heavy atom. The summed E-state index contributed by atoms with van der Waals surface area (Å²) in [6.45, 7) is 7.31. The molecule has 2 aromatic rings. The largest absolute Gasteiger partial charge is 0.479 e. The molecule has 0 unspecified atom stereocenters. The predicted octanol–water partition coefficient (Wildman–Crippen LogP) is 7.90. The zero-order valence-electron chi connectivity index (χ0n) is 21.4. The Morgan fingerprint density at radius 2 is 1.60 bits per heavy atom. The molecule has 1 N–H and O–H groups in total. The summed E-state index contributed by atoms with van der Waals surface area (Å²) < 4.78 is 11.5. The molecule has 1 amide bonds. The number of aryl methyl sites for hydroxylation is 2. The van der Waals surface area contributed by atoms with E-state index in [1.165, 1.54) is 48.3 Å². The van der Waals surface area contributed by atoms with Crippen molar-refractivity contribution in [2.75, 3.05) is 5.32 Å². The maximum atomic E-state index is 13.2. The van der Waals surface area contributed by atoms with Crippen LogP contribution in [0.4, 0.5) is 5.00 Å². The van der Waals surface area contributed by atoms with Crippen LogP contribution < -0.4 is 10.1 Å². The van der Waals surface area contributed by atoms with E-state index in [-0.39, 0.29) is 18.0 Å². The van der Waals surface area contributed by atoms with E-state index in [4.69, 9.17) is 21.1 Å². The molecule has 0 radical (unpaired) electrons. The molecule has 3 rings (SSSR count). The number of anilines is 1. The second-order valence-corrected chi connectivity index (χ2v) is 11.2. The monoisotopic (exact) mass is 519 g/mol. The van der Waals surface area contributed by atoms with Gasteiger partial charge in [0.2, 0.25) is 0 Å². The van der Waals surface area contributed by atoms with Gasteiger partial charge in [-0.3, -0.25) is 4.79 Å². The van der Waals surface area contributed by atoms with Crippen molar-refractivity contribution in [2.45, 2.75) is 104 Å². The molecular weight excluding hydrogens is 482 g/mol. The van der Waals surface area contributed by atoms with Crippen LogP contribution in [-0.4, -0.2) is 24.1 Å². The summed E-state index contributed by atoms with van der Waals surface area (Å²) in [7, 11) is 0. The number of hydrogen-bond donors (Lipinski definition) is 1. The fourth-order valence-electron chi connectivity index (χ4n) is 4.36. The van der Waals surface area contributed by atoms with Crippen molar-refractivity contribution in [2.24, 2.45) is 0 Å². The molecule has 0 saturated heterocycles. The molecule has 192 valence electrons. The van der Waals surface area contributed by atoms with Crippen LogP contribution >= 0.6 is 22.9 Å². The Labute approximate surface area is 218 Å². The van der Waals surface area contributed by atoms with E-state index in [1.807, 2.05) is 32.9 Å². The normalized spacial score (nSPS) is 15.9. The van der Waals surface area contributed by atoms with Crippen molar-refractivity contribution < 1.29 is 19.1 Å². The number of ether oxygens (including phenoxy) is 2. The first-order chi connectivity index (χ1) is 16.8. The second kappa shape index (κ2) is 13.3. The van der Waals surface area contributed by atoms with Gasteiger partial charge in [-0.05, 0) is 76.6 Å². The lowest BCUT2D eigenvalue weighted by Crippen LogP contribution is -2.30. The van der Waals surface area contributed by atoms with Crippen LogP contribution in [0.15, 0.2) is 18.2 Å². The molecule has 0 spiro atoms. The minimum atomic E-state index is -0.786. The Kier molecular flexibility index (Phi) is 10.5. The van der Waals surface area contributed by atoms with Gasteiger partial charge in [0, 0.05) is 4.88 Å². The topological polar surface area (TPSA) is 64.6 Å². The number of carbonyl (C=O) groups excluding carboxylic acids is 2. The van der Waals surface area contributed by atoms with E-state index in [9.17, 15) is 9.59 Å². The number of hydrogen-bond acceptors (Lipinski definition) is 5. The van der Waals surface area contributed by atoms with Gasteiger partial charge in [0.1, 0.15) is 10.8 Å². The molecule has 1 aliphatic carbocycles. The number of carbonyl (C=O) groups is 2. The van der Waals surface area contributed by atoms with Crippen molar-refractivity contribution >= 4 is 39.8 Å². The highest BCUT2D eigenvalue weighted by Gasteiger charge is 2.28. The van der Waals surface area contributed by atoms with Gasteiger partial charge < -0.3 is 14.8 Å². The highest BCUT2D eigenvalue weighted by molar-refractivity contribution is 7.17. The number of amides is 1. The number of halogens is 1. The van der Waals surface area contributed by atoms with Crippen LogP contribution in [0.25, 0.3) is 0 Å². The smallest absolute Gasteiger partial charge is 0.341 e. The second-order valence-electron chi connectivity index (χ2n) is 9.67. The van der Waals surface area contributed by atoms with Gasteiger partial charge in [-0.25, -0.2) is 4.79 Å². The van der Waals surface area contributed by atoms with Crippen molar-refractivity contribution in [3.63, 3.8) is 0 Å². The lowest BCUT2D eigenvalue weighted by molar-refractivity contribution is -0.122. The first-order valence-corrected chi connectivity index (χ1v) is 14.0. The number of nitrogens with one attached hydrogen (secondary N) is 1. The summed E-state index contributed by atoms with van der Waals surface area (Å²) in [4.78, 5) is 27.5. The van der Waals surface area contributed by atoms with Crippen molar-refractivity contribution in [1.29, 1.82) is 0 Å². The molecule has 1 atom stereocenters. The molecule has 35 heavy (non-hydrogen) atoms. The SMILES string of the molecule is Cc1ccc(Cl)c(O[C@@H](C)C(=O)Nc2sc3c(c2C(=O)OC(C)C)CCCCCCCCCC3)c1. The average molecular weight is 520 g/mol. The van der Waals surface area contributed by atoms with E-state index in [2.05, 4.69) is 5.32 Å². The fourth-order valence-corrected chi connectivity index (χ4v) is 5.80. The summed E-state index contributed by atoms with van der Waals surface area (Å²) in [6, 6.07) is 5.46. The van der Waals surface area contributed by atoms with Crippen LogP contribution in [0, 0.1) is 6.92 Å². The molecule has 0 bridgehead atoms. The third-order valence-corrected chi connectivity index (χ3v) is 7.73. The van der Waals surface area contributed by atoms with E-state index >= 15 is 0 Å². The van der Waals surface area contributed by atoms with Crippen LogP contribution in [-0.2, 0) is 22.4 Å². The summed E-state index contributed by atoms with van der Waals surface area (Å²) in [5.74, 6) is -0.222. The van der Waals surface area contributed by atoms with Gasteiger partial charge >= 0.3 is 5.97 Å². The highest BCUT2D eigenvalue weighted by Crippen LogP contribution is 2.37. The maximum Gasteiger partial charge on any atom is 0.341 e. The Hall–Kier alpha value is -2.05. The lowest BCUT2D eigenvalue weighted by atomic mass is 9.97. The quantitative estimate of drug-likeness (QED) is 0.394. The molecule has 1 aliphatic rings. The molecule has 0 aliphatic heterocycles. The van der Waals surface area contributed by atoms with Gasteiger partial charge in [-0.1, -0.05) is 56.2 Å². The van der Waals surface area contributed by atoms with Crippen molar-refractivity contribution in [3.8, 4) is 5.75 Å². The van der Waals surface area contributed by atoms with E-state index in [0.29, 0.717) is 21.3 Å². The minimum absolute atomic E-state index is 0.237. The lowest BCUT2D eigenvalue weighted by Gasteiger charge is -2.16. The van der Waals surface area contributed by atoms with Gasteiger partial charge in [0.25, 0.3) is 5.91 Å². The number of thiophene rings is 1. The first kappa shape index (κ1) is 27.5. The summed E-state index contributed by atoms with van der Waals surface area (Å²) in [6.07, 6.45) is 10.2. The fraction of sp³-hybridized carbons (Fsp3) is 0.571. The molecule has 5 nitrogen and oxygen atoms in total. The van der Waals surface area contributed by atoms with Crippen molar-refractivity contribution in [1.82, 2.24) is 0 Å². The van der Waals surface area contributed by atoms with Crippen LogP contribution in [0.2, 0.25) is 5.02 Å². The van der Waals surface area contributed by atoms with Gasteiger partial charge in [-0.2, -0.15) is 0 Å². The van der Waals surface area contributed by atoms with E-state index < -0.39 is 6.10 Å². The molecule has 7 heteroatoms. The summed E-state index contributed by atoms with van der Waals surface area (Å²) in [5, 5.41) is 4.00. The Morgan fingerprint density at radius 3 is 2.26 bits per heavy atom. The number of esters is 1. The molecule has 1 aromatic heterocycles. The van der Waals surface area contributed by atoms with Gasteiger partial charge in [-0.15, -0.1) is 11.3 Å². The Balaban J connectivity index is 1.87. The maximum absolute atomic E-state index is 13.2. The minimum Gasteiger partial charge on any atom is -0.479 e. The van der Waals surface area contributed by atoms with E-state index in [1.54, 1.807) is 13.0 Å². The standard InChI is InChI=1S/C28H38ClNO4S/c1-18(2)33-28(32)25-21-13-11-9-7-5-6-8-10-12-14-24(21)35-27(25)30-26(31)20(4)34-23-17-19(3)15-16-22(23)29/h15-18,20H,5-14H2,1-4H3,(H,30,31)/t20-/m0/s1. The average Bonchev–Trinajstić information content (AvgIpc) is 3.12. The van der Waals surface area contributed by atoms with Gasteiger partial charge in [0.15, 0.2) is 6.10 Å². The number of benzene rings is 1. The zero-order chi connectivity index (χ0) is 25.4. The Bertz CT molecular complexity index is 1020. The summed E-state index contributed by atoms with van der Waals surface area (Å²) in [5.41, 5.74) is 2.56. The molecule has 0 saturated carbocycles.